The van der Waals surface area contributed by atoms with Crippen LogP contribution in [0, 0.1) is 0 Å². The Morgan fingerprint density at radius 1 is 1.15 bits per heavy atom. The zero-order valence-electron chi connectivity index (χ0n) is 14.2. The van der Waals surface area contributed by atoms with Crippen LogP contribution in [0.3, 0.4) is 0 Å². The van der Waals surface area contributed by atoms with Crippen molar-refractivity contribution >= 4 is 27.4 Å². The Morgan fingerprint density at radius 3 is 2.81 bits per heavy atom. The molecule has 6 nitrogen and oxygen atoms in total. The summed E-state index contributed by atoms with van der Waals surface area (Å²) >= 11 is 1.62. The molecule has 3 heterocycles. The van der Waals surface area contributed by atoms with Crippen LogP contribution in [0.1, 0.15) is 43.1 Å². The SMILES string of the molecule is CC(Nc1ncnc2sccc12)c1ccc(-c2nc(C3CC3)no2)cc1. The fraction of sp³-hybridized carbons (Fsp3) is 0.263. The summed E-state index contributed by atoms with van der Waals surface area (Å²) in [7, 11) is 0. The van der Waals surface area contributed by atoms with Crippen molar-refractivity contribution < 1.29 is 4.52 Å². The Balaban J connectivity index is 1.35. The number of anilines is 1. The number of benzene rings is 1. The van der Waals surface area contributed by atoms with Crippen molar-refractivity contribution in [3.05, 3.63) is 53.4 Å². The predicted molar refractivity (Wildman–Crippen MR) is 101 cm³/mol. The van der Waals surface area contributed by atoms with Crippen LogP contribution in [0.4, 0.5) is 5.82 Å². The second-order valence-electron chi connectivity index (χ2n) is 6.58. The number of fused-ring (bicyclic) bond motifs is 1. The van der Waals surface area contributed by atoms with E-state index in [1.165, 1.54) is 12.8 Å². The van der Waals surface area contributed by atoms with Crippen molar-refractivity contribution in [3.8, 4) is 11.5 Å². The number of hydrogen-bond acceptors (Lipinski definition) is 7. The fourth-order valence-electron chi connectivity index (χ4n) is 2.97. The first kappa shape index (κ1) is 15.5. The highest BCUT2D eigenvalue weighted by Crippen LogP contribution is 2.39. The highest BCUT2D eigenvalue weighted by Gasteiger charge is 2.28. The molecule has 1 aliphatic rings. The molecule has 0 aliphatic heterocycles. The zero-order valence-corrected chi connectivity index (χ0v) is 15.0. The second-order valence-corrected chi connectivity index (χ2v) is 7.48. The molecule has 0 spiro atoms. The van der Waals surface area contributed by atoms with Gasteiger partial charge in [0.05, 0.1) is 5.39 Å². The maximum atomic E-state index is 5.39. The van der Waals surface area contributed by atoms with E-state index in [2.05, 4.69) is 44.5 Å². The molecule has 0 bridgehead atoms. The van der Waals surface area contributed by atoms with Crippen molar-refractivity contribution in [2.24, 2.45) is 0 Å². The first-order chi connectivity index (χ1) is 12.8. The number of hydrogen-bond donors (Lipinski definition) is 1. The minimum Gasteiger partial charge on any atom is -0.363 e. The summed E-state index contributed by atoms with van der Waals surface area (Å²) in [5.74, 6) is 2.79. The van der Waals surface area contributed by atoms with Crippen molar-refractivity contribution in [3.63, 3.8) is 0 Å². The molecule has 0 saturated heterocycles. The van der Waals surface area contributed by atoms with E-state index in [4.69, 9.17) is 4.52 Å². The molecule has 130 valence electrons. The minimum atomic E-state index is 0.117. The number of aromatic nitrogens is 4. The maximum Gasteiger partial charge on any atom is 0.257 e. The topological polar surface area (TPSA) is 76.7 Å². The monoisotopic (exact) mass is 363 g/mol. The Morgan fingerprint density at radius 2 is 2.00 bits per heavy atom. The summed E-state index contributed by atoms with van der Waals surface area (Å²) in [4.78, 5) is 14.2. The summed E-state index contributed by atoms with van der Waals surface area (Å²) in [5.41, 5.74) is 2.11. The van der Waals surface area contributed by atoms with Crippen LogP contribution in [0.2, 0.25) is 0 Å². The number of nitrogens with one attached hydrogen (secondary N) is 1. The van der Waals surface area contributed by atoms with Crippen LogP contribution in [-0.2, 0) is 0 Å². The number of rotatable bonds is 5. The van der Waals surface area contributed by atoms with Crippen LogP contribution >= 0.6 is 11.3 Å². The summed E-state index contributed by atoms with van der Waals surface area (Å²) in [6.45, 7) is 2.12. The van der Waals surface area contributed by atoms with Gasteiger partial charge in [-0.05, 0) is 48.9 Å². The molecule has 1 unspecified atom stereocenters. The molecule has 1 aliphatic carbocycles. The molecule has 26 heavy (non-hydrogen) atoms. The average Bonchev–Trinajstić information content (AvgIpc) is 3.20. The zero-order chi connectivity index (χ0) is 17.5. The van der Waals surface area contributed by atoms with E-state index in [0.29, 0.717) is 11.8 Å². The van der Waals surface area contributed by atoms with Gasteiger partial charge in [0.25, 0.3) is 5.89 Å². The highest BCUT2D eigenvalue weighted by atomic mass is 32.1. The van der Waals surface area contributed by atoms with Gasteiger partial charge >= 0.3 is 0 Å². The standard InChI is InChI=1S/C19H17N5OS/c1-11(22-17-15-8-9-26-19(15)21-10-20-17)12-2-6-14(7-3-12)18-23-16(24-25-18)13-4-5-13/h2-3,6-11,13H,4-5H2,1H3,(H,20,21,22). The third-order valence-corrected chi connectivity index (χ3v) is 5.48. The highest BCUT2D eigenvalue weighted by molar-refractivity contribution is 7.16. The molecular weight excluding hydrogens is 346 g/mol. The van der Waals surface area contributed by atoms with Gasteiger partial charge < -0.3 is 9.84 Å². The third-order valence-electron chi connectivity index (χ3n) is 4.66. The van der Waals surface area contributed by atoms with Gasteiger partial charge in [-0.25, -0.2) is 9.97 Å². The van der Waals surface area contributed by atoms with Crippen LogP contribution < -0.4 is 5.32 Å². The van der Waals surface area contributed by atoms with E-state index >= 15 is 0 Å². The van der Waals surface area contributed by atoms with Gasteiger partial charge in [-0.1, -0.05) is 17.3 Å². The van der Waals surface area contributed by atoms with E-state index in [-0.39, 0.29) is 6.04 Å². The minimum absolute atomic E-state index is 0.117. The average molecular weight is 363 g/mol. The molecule has 1 N–H and O–H groups in total. The first-order valence-electron chi connectivity index (χ1n) is 8.66. The normalized spacial score (nSPS) is 15.3. The lowest BCUT2D eigenvalue weighted by molar-refractivity contribution is 0.422. The van der Waals surface area contributed by atoms with Crippen molar-refractivity contribution in [1.29, 1.82) is 0 Å². The van der Waals surface area contributed by atoms with E-state index in [9.17, 15) is 0 Å². The third kappa shape index (κ3) is 2.84. The van der Waals surface area contributed by atoms with Crippen molar-refractivity contribution in [1.82, 2.24) is 20.1 Å². The largest absolute Gasteiger partial charge is 0.363 e. The predicted octanol–water partition coefficient (Wildman–Crippen LogP) is 4.79. The lowest BCUT2D eigenvalue weighted by atomic mass is 10.1. The fourth-order valence-corrected chi connectivity index (χ4v) is 3.70. The summed E-state index contributed by atoms with van der Waals surface area (Å²) in [5, 5.41) is 10.6. The van der Waals surface area contributed by atoms with Gasteiger partial charge in [-0.3, -0.25) is 0 Å². The summed E-state index contributed by atoms with van der Waals surface area (Å²) < 4.78 is 5.39. The van der Waals surface area contributed by atoms with Crippen LogP contribution in [0.5, 0.6) is 0 Å². The van der Waals surface area contributed by atoms with Gasteiger partial charge in [0.2, 0.25) is 0 Å². The summed E-state index contributed by atoms with van der Waals surface area (Å²) in [6.07, 6.45) is 3.94. The van der Waals surface area contributed by atoms with E-state index in [1.807, 2.05) is 23.6 Å². The van der Waals surface area contributed by atoms with Gasteiger partial charge in [0.1, 0.15) is 17.0 Å². The van der Waals surface area contributed by atoms with Crippen molar-refractivity contribution in [2.75, 3.05) is 5.32 Å². The Bertz CT molecular complexity index is 1050. The maximum absolute atomic E-state index is 5.39. The van der Waals surface area contributed by atoms with Gasteiger partial charge in [0, 0.05) is 17.5 Å². The molecule has 0 amide bonds. The van der Waals surface area contributed by atoms with Gasteiger partial charge in [-0.15, -0.1) is 11.3 Å². The Hall–Kier alpha value is -2.80. The quantitative estimate of drug-likeness (QED) is 0.549. The first-order valence-corrected chi connectivity index (χ1v) is 9.54. The van der Waals surface area contributed by atoms with Crippen molar-refractivity contribution in [2.45, 2.75) is 31.7 Å². The lowest BCUT2D eigenvalue weighted by Crippen LogP contribution is -2.08. The van der Waals surface area contributed by atoms with E-state index < -0.39 is 0 Å². The molecule has 0 radical (unpaired) electrons. The molecule has 7 heteroatoms. The Kier molecular flexibility index (Phi) is 3.67. The van der Waals surface area contributed by atoms with Gasteiger partial charge in [0.15, 0.2) is 5.82 Å². The van der Waals surface area contributed by atoms with Crippen LogP contribution in [0.15, 0.2) is 46.6 Å². The molecule has 5 rings (SSSR count). The van der Waals surface area contributed by atoms with Crippen LogP contribution in [-0.4, -0.2) is 20.1 Å². The van der Waals surface area contributed by atoms with Gasteiger partial charge in [-0.2, -0.15) is 4.98 Å². The summed E-state index contributed by atoms with van der Waals surface area (Å²) in [6, 6.07) is 10.4. The molecule has 3 aromatic heterocycles. The molecule has 4 aromatic rings. The molecule has 1 atom stereocenters. The number of thiophene rings is 1. The molecular formula is C19H17N5OS. The second kappa shape index (κ2) is 6.17. The Labute approximate surface area is 154 Å². The molecule has 1 fully saturated rings. The number of nitrogens with zero attached hydrogens (tertiary/aromatic N) is 4. The van der Waals surface area contributed by atoms with Crippen LogP contribution in [0.25, 0.3) is 21.7 Å². The van der Waals surface area contributed by atoms with E-state index in [1.54, 1.807) is 17.7 Å². The lowest BCUT2D eigenvalue weighted by Gasteiger charge is -2.15. The molecule has 1 aromatic carbocycles. The smallest absolute Gasteiger partial charge is 0.257 e. The van der Waals surface area contributed by atoms with E-state index in [0.717, 1.165) is 33.0 Å². The molecule has 1 saturated carbocycles.